The highest BCUT2D eigenvalue weighted by molar-refractivity contribution is 7.99. The maximum absolute atomic E-state index is 11.4. The van der Waals surface area contributed by atoms with Crippen LogP contribution in [0.2, 0.25) is 0 Å². The van der Waals surface area contributed by atoms with Crippen LogP contribution in [0.15, 0.2) is 9.95 Å². The molecular formula is C9H15N3O3S. The lowest BCUT2D eigenvalue weighted by Crippen LogP contribution is -2.25. The summed E-state index contributed by atoms with van der Waals surface area (Å²) < 4.78 is 1.47. The molecule has 0 aliphatic rings. The van der Waals surface area contributed by atoms with E-state index in [0.29, 0.717) is 11.7 Å². The molecule has 0 atom stereocenters. The van der Waals surface area contributed by atoms with E-state index in [1.54, 1.807) is 0 Å². The summed E-state index contributed by atoms with van der Waals surface area (Å²) in [6.07, 6.45) is 0. The van der Waals surface area contributed by atoms with Crippen LogP contribution in [-0.4, -0.2) is 31.6 Å². The summed E-state index contributed by atoms with van der Waals surface area (Å²) >= 11 is 1.04. The lowest BCUT2D eigenvalue weighted by Gasteiger charge is -2.18. The van der Waals surface area contributed by atoms with E-state index in [2.05, 4.69) is 10.2 Å². The summed E-state index contributed by atoms with van der Waals surface area (Å²) in [4.78, 5) is 21.9. The van der Waals surface area contributed by atoms with Gasteiger partial charge in [-0.25, -0.2) is 9.89 Å². The van der Waals surface area contributed by atoms with Gasteiger partial charge in [0.2, 0.25) is 0 Å². The number of thioether (sulfide) groups is 1. The molecule has 0 amide bonds. The van der Waals surface area contributed by atoms with E-state index in [1.165, 1.54) is 4.57 Å². The van der Waals surface area contributed by atoms with E-state index < -0.39 is 5.97 Å². The number of aliphatic carboxylic acids is 1. The Morgan fingerprint density at radius 3 is 2.69 bits per heavy atom. The number of carbonyl (C=O) groups is 1. The molecule has 1 aromatic rings. The van der Waals surface area contributed by atoms with E-state index in [9.17, 15) is 9.59 Å². The Balaban J connectivity index is 2.86. The molecule has 2 N–H and O–H groups in total. The van der Waals surface area contributed by atoms with E-state index in [4.69, 9.17) is 5.11 Å². The lowest BCUT2D eigenvalue weighted by molar-refractivity contribution is -0.133. The average Bonchev–Trinajstić information content (AvgIpc) is 2.43. The van der Waals surface area contributed by atoms with Crippen LogP contribution >= 0.6 is 11.8 Å². The van der Waals surface area contributed by atoms with Crippen LogP contribution in [0.5, 0.6) is 0 Å². The lowest BCUT2D eigenvalue weighted by atomic mass is 9.97. The van der Waals surface area contributed by atoms with Crippen LogP contribution in [0.1, 0.15) is 20.8 Å². The highest BCUT2D eigenvalue weighted by atomic mass is 32.2. The van der Waals surface area contributed by atoms with E-state index in [-0.39, 0.29) is 16.9 Å². The van der Waals surface area contributed by atoms with Crippen molar-refractivity contribution in [3.05, 3.63) is 10.5 Å². The molecule has 1 heterocycles. The molecule has 7 heteroatoms. The highest BCUT2D eigenvalue weighted by Crippen LogP contribution is 2.19. The molecule has 0 saturated heterocycles. The maximum Gasteiger partial charge on any atom is 0.343 e. The number of carboxylic acids is 1. The van der Waals surface area contributed by atoms with E-state index in [0.717, 1.165) is 11.8 Å². The van der Waals surface area contributed by atoms with Crippen molar-refractivity contribution in [3.63, 3.8) is 0 Å². The number of nitrogens with zero attached hydrogens (tertiary/aromatic N) is 2. The van der Waals surface area contributed by atoms with Gasteiger partial charge in [-0.1, -0.05) is 32.5 Å². The molecular weight excluding hydrogens is 230 g/mol. The van der Waals surface area contributed by atoms with Crippen molar-refractivity contribution >= 4 is 17.7 Å². The van der Waals surface area contributed by atoms with Gasteiger partial charge in [0.05, 0.1) is 5.75 Å². The first-order valence-electron chi connectivity index (χ1n) is 4.79. The molecule has 90 valence electrons. The van der Waals surface area contributed by atoms with Crippen LogP contribution < -0.4 is 5.69 Å². The van der Waals surface area contributed by atoms with Gasteiger partial charge in [-0.2, -0.15) is 0 Å². The molecule has 0 aromatic carbocycles. The number of aromatic nitrogens is 3. The number of aromatic amines is 1. The fourth-order valence-corrected chi connectivity index (χ4v) is 1.82. The molecule has 1 aromatic heterocycles. The molecule has 0 saturated carbocycles. The fraction of sp³-hybridized carbons (Fsp3) is 0.667. The predicted octanol–water partition coefficient (Wildman–Crippen LogP) is 0.794. The van der Waals surface area contributed by atoms with Crippen molar-refractivity contribution in [2.75, 3.05) is 5.75 Å². The number of H-pyrrole nitrogens is 1. The van der Waals surface area contributed by atoms with Gasteiger partial charge in [-0.3, -0.25) is 9.36 Å². The number of hydrogen-bond acceptors (Lipinski definition) is 4. The smallest absolute Gasteiger partial charge is 0.343 e. The van der Waals surface area contributed by atoms with Crippen molar-refractivity contribution in [1.82, 2.24) is 14.8 Å². The highest BCUT2D eigenvalue weighted by Gasteiger charge is 2.17. The van der Waals surface area contributed by atoms with Gasteiger partial charge in [0.15, 0.2) is 5.16 Å². The predicted molar refractivity (Wildman–Crippen MR) is 60.7 cm³/mol. The first-order valence-corrected chi connectivity index (χ1v) is 5.78. The Kier molecular flexibility index (Phi) is 3.79. The molecule has 1 rings (SSSR count). The van der Waals surface area contributed by atoms with Crippen LogP contribution in [0.25, 0.3) is 0 Å². The second-order valence-corrected chi connectivity index (χ2v) is 5.58. The Morgan fingerprint density at radius 2 is 2.19 bits per heavy atom. The minimum atomic E-state index is -0.928. The summed E-state index contributed by atoms with van der Waals surface area (Å²) in [5, 5.41) is 15.1. The van der Waals surface area contributed by atoms with Gasteiger partial charge >= 0.3 is 11.7 Å². The standard InChI is InChI=1S/C9H15N3O3S/c1-9(2,3)5-12-7(15)10-11-8(12)16-4-6(13)14/h4-5H2,1-3H3,(H,10,15)(H,13,14). The van der Waals surface area contributed by atoms with Gasteiger partial charge in [-0.15, -0.1) is 5.10 Å². The van der Waals surface area contributed by atoms with Gasteiger partial charge in [-0.05, 0) is 5.41 Å². The van der Waals surface area contributed by atoms with Crippen molar-refractivity contribution < 1.29 is 9.90 Å². The summed E-state index contributed by atoms with van der Waals surface area (Å²) in [5.41, 5.74) is -0.366. The zero-order chi connectivity index (χ0) is 12.3. The molecule has 16 heavy (non-hydrogen) atoms. The number of hydrogen-bond donors (Lipinski definition) is 2. The van der Waals surface area contributed by atoms with Gasteiger partial charge in [0, 0.05) is 6.54 Å². The third-order valence-electron chi connectivity index (χ3n) is 1.68. The minimum Gasteiger partial charge on any atom is -0.481 e. The molecule has 0 bridgehead atoms. The first-order chi connectivity index (χ1) is 7.29. The molecule has 0 fully saturated rings. The van der Waals surface area contributed by atoms with Crippen molar-refractivity contribution in [2.24, 2.45) is 5.41 Å². The molecule has 0 radical (unpaired) electrons. The second kappa shape index (κ2) is 4.73. The average molecular weight is 245 g/mol. The third kappa shape index (κ3) is 3.73. The largest absolute Gasteiger partial charge is 0.481 e. The Labute approximate surface area is 97.1 Å². The van der Waals surface area contributed by atoms with Crippen molar-refractivity contribution in [1.29, 1.82) is 0 Å². The Morgan fingerprint density at radius 1 is 1.56 bits per heavy atom. The summed E-state index contributed by atoms with van der Waals surface area (Å²) in [6, 6.07) is 0. The maximum atomic E-state index is 11.4. The van der Waals surface area contributed by atoms with Crippen LogP contribution in [0, 0.1) is 5.41 Å². The van der Waals surface area contributed by atoms with Crippen molar-refractivity contribution in [2.45, 2.75) is 32.5 Å². The molecule has 6 nitrogen and oxygen atoms in total. The van der Waals surface area contributed by atoms with E-state index >= 15 is 0 Å². The van der Waals surface area contributed by atoms with Crippen LogP contribution in [0.4, 0.5) is 0 Å². The Hall–Kier alpha value is -1.24. The van der Waals surface area contributed by atoms with Gasteiger partial charge < -0.3 is 5.11 Å². The molecule has 0 spiro atoms. The van der Waals surface area contributed by atoms with Crippen LogP contribution in [-0.2, 0) is 11.3 Å². The fourth-order valence-electron chi connectivity index (χ4n) is 1.15. The quantitative estimate of drug-likeness (QED) is 0.766. The third-order valence-corrected chi connectivity index (χ3v) is 2.64. The monoisotopic (exact) mass is 245 g/mol. The molecule has 0 unspecified atom stereocenters. The first kappa shape index (κ1) is 12.8. The summed E-state index contributed by atoms with van der Waals surface area (Å²) in [6.45, 7) is 6.50. The van der Waals surface area contributed by atoms with E-state index in [1.807, 2.05) is 20.8 Å². The number of rotatable bonds is 4. The second-order valence-electron chi connectivity index (χ2n) is 4.64. The SMILES string of the molecule is CC(C)(C)Cn1c(SCC(=O)O)n[nH]c1=O. The zero-order valence-electron chi connectivity index (χ0n) is 9.48. The number of nitrogens with one attached hydrogen (secondary N) is 1. The summed E-state index contributed by atoms with van der Waals surface area (Å²) in [5.74, 6) is -1.03. The van der Waals surface area contributed by atoms with Gasteiger partial charge in [0.1, 0.15) is 0 Å². The van der Waals surface area contributed by atoms with Crippen molar-refractivity contribution in [3.8, 4) is 0 Å². The minimum absolute atomic E-state index is 0.0633. The molecule has 0 aliphatic heterocycles. The Bertz CT molecular complexity index is 430. The molecule has 0 aliphatic carbocycles. The normalized spacial score (nSPS) is 11.7. The van der Waals surface area contributed by atoms with Gasteiger partial charge in [0.25, 0.3) is 0 Å². The summed E-state index contributed by atoms with van der Waals surface area (Å²) in [7, 11) is 0. The topological polar surface area (TPSA) is 88.0 Å². The van der Waals surface area contributed by atoms with Crippen LogP contribution in [0.3, 0.4) is 0 Å². The zero-order valence-corrected chi connectivity index (χ0v) is 10.3. The number of carboxylic acid groups (broad SMARTS) is 1.